The van der Waals surface area contributed by atoms with Crippen molar-refractivity contribution in [3.8, 4) is 0 Å². The quantitative estimate of drug-likeness (QED) is 0.604. The fraction of sp³-hybridized carbons (Fsp3) is 0.296. The predicted molar refractivity (Wildman–Crippen MR) is 128 cm³/mol. The second-order valence-corrected chi connectivity index (χ2v) is 8.58. The van der Waals surface area contributed by atoms with E-state index in [-0.39, 0.29) is 18.7 Å². The van der Waals surface area contributed by atoms with Gasteiger partial charge in [-0.1, -0.05) is 66.7 Å². The number of amides is 1. The van der Waals surface area contributed by atoms with E-state index in [1.807, 2.05) is 44.4 Å². The Kier molecular flexibility index (Phi) is 7.07. The van der Waals surface area contributed by atoms with Crippen molar-refractivity contribution in [2.24, 2.45) is 0 Å². The number of carbonyl (C=O) groups excluding carboxylic acids is 1. The molecule has 3 aromatic rings. The summed E-state index contributed by atoms with van der Waals surface area (Å²) >= 11 is 0. The third-order valence-corrected chi connectivity index (χ3v) is 6.22. The number of rotatable bonds is 7. The Morgan fingerprint density at radius 3 is 2.38 bits per heavy atom. The molecule has 0 radical (unpaired) electrons. The molecule has 1 heterocycles. The van der Waals surface area contributed by atoms with Gasteiger partial charge in [-0.05, 0) is 23.3 Å². The average Bonchev–Trinajstić information content (AvgIpc) is 2.83. The van der Waals surface area contributed by atoms with Gasteiger partial charge in [0.15, 0.2) is 0 Å². The van der Waals surface area contributed by atoms with Crippen LogP contribution in [0.1, 0.15) is 28.3 Å². The van der Waals surface area contributed by atoms with Gasteiger partial charge < -0.3 is 19.9 Å². The minimum absolute atomic E-state index is 0.156. The Morgan fingerprint density at radius 2 is 1.66 bits per heavy atom. The van der Waals surface area contributed by atoms with Gasteiger partial charge in [0.25, 0.3) is 0 Å². The number of hydrogen-bond donors (Lipinski definition) is 2. The molecule has 32 heavy (non-hydrogen) atoms. The van der Waals surface area contributed by atoms with Gasteiger partial charge in [-0.15, -0.1) is 0 Å². The van der Waals surface area contributed by atoms with E-state index in [9.17, 15) is 4.79 Å². The van der Waals surface area contributed by atoms with Gasteiger partial charge in [0, 0.05) is 37.3 Å². The average molecular weight is 431 g/mol. The minimum Gasteiger partial charge on any atom is -0.445 e. The second-order valence-electron chi connectivity index (χ2n) is 8.58. The monoisotopic (exact) mass is 430 g/mol. The standard InChI is InChI=1S/C27H31N3O2/c1-29(2)25-14-12-23(13-15-25)26(30-17-16-22-10-6-7-11-24(22)19-30)18-28-27(31)32-20-21-8-4-3-5-9-21/h3-15,26H,16-20H2,1-2H3,(H,28,31)/p+1/t26-/m0/s1. The number of alkyl carbamates (subject to hydrolysis) is 1. The van der Waals surface area contributed by atoms with Gasteiger partial charge in [-0.25, -0.2) is 4.79 Å². The molecule has 4 rings (SSSR count). The first kappa shape index (κ1) is 21.9. The Bertz CT molecular complexity index is 1020. The molecule has 166 valence electrons. The van der Waals surface area contributed by atoms with Gasteiger partial charge in [-0.3, -0.25) is 0 Å². The highest BCUT2D eigenvalue weighted by molar-refractivity contribution is 5.67. The van der Waals surface area contributed by atoms with Gasteiger partial charge in [-0.2, -0.15) is 0 Å². The van der Waals surface area contributed by atoms with Crippen molar-refractivity contribution in [2.75, 3.05) is 32.1 Å². The number of hydrogen-bond acceptors (Lipinski definition) is 3. The first-order valence-electron chi connectivity index (χ1n) is 11.2. The topological polar surface area (TPSA) is 46.0 Å². The lowest BCUT2D eigenvalue weighted by atomic mass is 9.96. The first-order valence-corrected chi connectivity index (χ1v) is 11.2. The zero-order valence-electron chi connectivity index (χ0n) is 18.9. The van der Waals surface area contributed by atoms with Crippen LogP contribution in [-0.4, -0.2) is 33.3 Å². The Morgan fingerprint density at radius 1 is 0.969 bits per heavy atom. The molecule has 3 aromatic carbocycles. The molecule has 2 N–H and O–H groups in total. The van der Waals surface area contributed by atoms with Crippen LogP contribution in [0.15, 0.2) is 78.9 Å². The number of anilines is 1. The molecule has 2 atom stereocenters. The van der Waals surface area contributed by atoms with E-state index in [1.165, 1.54) is 27.3 Å². The zero-order valence-corrected chi connectivity index (χ0v) is 18.9. The fourth-order valence-corrected chi connectivity index (χ4v) is 4.36. The van der Waals surface area contributed by atoms with Crippen LogP contribution >= 0.6 is 0 Å². The molecule has 0 fully saturated rings. The van der Waals surface area contributed by atoms with Crippen LogP contribution in [0.4, 0.5) is 10.5 Å². The highest BCUT2D eigenvalue weighted by Gasteiger charge is 2.29. The van der Waals surface area contributed by atoms with Crippen molar-refractivity contribution in [3.05, 3.63) is 101 Å². The maximum absolute atomic E-state index is 12.4. The van der Waals surface area contributed by atoms with Crippen molar-refractivity contribution in [1.82, 2.24) is 5.32 Å². The number of carbonyl (C=O) groups is 1. The van der Waals surface area contributed by atoms with Crippen LogP contribution in [-0.2, 0) is 24.3 Å². The van der Waals surface area contributed by atoms with Gasteiger partial charge in [0.1, 0.15) is 19.2 Å². The molecule has 1 unspecified atom stereocenters. The summed E-state index contributed by atoms with van der Waals surface area (Å²) in [5.41, 5.74) is 6.22. The molecular formula is C27H32N3O2+. The van der Waals surface area contributed by atoms with Crippen LogP contribution in [0.2, 0.25) is 0 Å². The molecule has 0 bridgehead atoms. The van der Waals surface area contributed by atoms with Crippen molar-refractivity contribution >= 4 is 11.8 Å². The van der Waals surface area contributed by atoms with Crippen molar-refractivity contribution in [1.29, 1.82) is 0 Å². The summed E-state index contributed by atoms with van der Waals surface area (Å²) in [6, 6.07) is 27.3. The summed E-state index contributed by atoms with van der Waals surface area (Å²) in [7, 11) is 4.09. The van der Waals surface area contributed by atoms with E-state index in [1.54, 1.807) is 0 Å². The largest absolute Gasteiger partial charge is 0.445 e. The summed E-state index contributed by atoms with van der Waals surface area (Å²) < 4.78 is 5.44. The van der Waals surface area contributed by atoms with Crippen LogP contribution in [0, 0.1) is 0 Å². The highest BCUT2D eigenvalue weighted by atomic mass is 16.5. The fourth-order valence-electron chi connectivity index (χ4n) is 4.36. The van der Waals surface area contributed by atoms with E-state index >= 15 is 0 Å². The van der Waals surface area contributed by atoms with E-state index in [4.69, 9.17) is 4.74 Å². The van der Waals surface area contributed by atoms with Crippen LogP contribution in [0.3, 0.4) is 0 Å². The molecule has 0 saturated heterocycles. The molecule has 0 aromatic heterocycles. The van der Waals surface area contributed by atoms with Crippen LogP contribution in [0.5, 0.6) is 0 Å². The van der Waals surface area contributed by atoms with Gasteiger partial charge in [0.2, 0.25) is 0 Å². The lowest BCUT2D eigenvalue weighted by Crippen LogP contribution is -3.12. The van der Waals surface area contributed by atoms with Crippen molar-refractivity contribution in [2.45, 2.75) is 25.6 Å². The number of benzene rings is 3. The predicted octanol–water partition coefficient (Wildman–Crippen LogP) is 3.36. The Balaban J connectivity index is 1.45. The number of nitrogens with zero attached hydrogens (tertiary/aromatic N) is 1. The molecule has 0 saturated carbocycles. The summed E-state index contributed by atoms with van der Waals surface area (Å²) in [6.07, 6.45) is 0.677. The summed E-state index contributed by atoms with van der Waals surface area (Å²) in [5.74, 6) is 0. The molecule has 1 amide bonds. The highest BCUT2D eigenvalue weighted by Crippen LogP contribution is 2.18. The summed E-state index contributed by atoms with van der Waals surface area (Å²) in [6.45, 7) is 2.81. The number of nitrogens with one attached hydrogen (secondary N) is 2. The third kappa shape index (κ3) is 5.48. The molecule has 0 spiro atoms. The molecule has 1 aliphatic heterocycles. The number of fused-ring (bicyclic) bond motifs is 1. The van der Waals surface area contributed by atoms with Crippen LogP contribution in [0.25, 0.3) is 0 Å². The van der Waals surface area contributed by atoms with E-state index in [0.29, 0.717) is 6.54 Å². The lowest BCUT2D eigenvalue weighted by Gasteiger charge is -2.33. The third-order valence-electron chi connectivity index (χ3n) is 6.22. The lowest BCUT2D eigenvalue weighted by molar-refractivity contribution is -0.945. The van der Waals surface area contributed by atoms with Crippen LogP contribution < -0.4 is 15.1 Å². The smallest absolute Gasteiger partial charge is 0.407 e. The van der Waals surface area contributed by atoms with E-state index < -0.39 is 0 Å². The maximum atomic E-state index is 12.4. The molecule has 5 heteroatoms. The second kappa shape index (κ2) is 10.3. The van der Waals surface area contributed by atoms with E-state index in [0.717, 1.165) is 25.1 Å². The van der Waals surface area contributed by atoms with E-state index in [2.05, 4.69) is 58.7 Å². The zero-order chi connectivity index (χ0) is 22.3. The number of quaternary nitrogens is 1. The number of ether oxygens (including phenoxy) is 1. The molecule has 5 nitrogen and oxygen atoms in total. The molecular weight excluding hydrogens is 398 g/mol. The SMILES string of the molecule is CN(C)c1ccc([C@H](CNC(=O)OCc2ccccc2)[NH+]2CCc3ccccc3C2)cc1. The van der Waals surface area contributed by atoms with Crippen molar-refractivity contribution in [3.63, 3.8) is 0 Å². The molecule has 0 aliphatic carbocycles. The Labute approximate surface area is 190 Å². The first-order chi connectivity index (χ1) is 15.6. The summed E-state index contributed by atoms with van der Waals surface area (Å²) in [5, 5.41) is 3.02. The van der Waals surface area contributed by atoms with Gasteiger partial charge in [0.05, 0.1) is 13.1 Å². The molecule has 1 aliphatic rings. The maximum Gasteiger partial charge on any atom is 0.407 e. The summed E-state index contributed by atoms with van der Waals surface area (Å²) in [4.78, 5) is 16.0. The Hall–Kier alpha value is -3.31. The normalized spacial score (nSPS) is 16.0. The van der Waals surface area contributed by atoms with Gasteiger partial charge >= 0.3 is 6.09 Å². The van der Waals surface area contributed by atoms with Crippen molar-refractivity contribution < 1.29 is 14.4 Å². The minimum atomic E-state index is -0.374.